The quantitative estimate of drug-likeness (QED) is 0.644. The van der Waals surface area contributed by atoms with Crippen LogP contribution in [0.3, 0.4) is 0 Å². The average Bonchev–Trinajstić information content (AvgIpc) is 2.43. The summed E-state index contributed by atoms with van der Waals surface area (Å²) < 4.78 is 0. The second-order valence-corrected chi connectivity index (χ2v) is 6.37. The van der Waals surface area contributed by atoms with Crippen LogP contribution in [0.4, 0.5) is 10.5 Å². The Morgan fingerprint density at radius 2 is 1.83 bits per heavy atom. The van der Waals surface area contributed by atoms with Gasteiger partial charge < -0.3 is 21.3 Å². The fourth-order valence-corrected chi connectivity index (χ4v) is 2.36. The first-order valence-electron chi connectivity index (χ1n) is 8.10. The molecule has 1 atom stereocenters. The van der Waals surface area contributed by atoms with Crippen LogP contribution in [0.1, 0.15) is 26.3 Å². The lowest BCUT2D eigenvalue weighted by Crippen LogP contribution is -2.49. The van der Waals surface area contributed by atoms with Gasteiger partial charge in [0.15, 0.2) is 0 Å². The van der Waals surface area contributed by atoms with Crippen LogP contribution < -0.4 is 21.3 Å². The third kappa shape index (κ3) is 5.25. The van der Waals surface area contributed by atoms with Gasteiger partial charge in [-0.25, -0.2) is 4.79 Å². The van der Waals surface area contributed by atoms with E-state index in [-0.39, 0.29) is 23.9 Å². The average molecular weight is 318 g/mol. The standard InChI is InChI=1S/C17H26N4O2/c1-11(2)20-17(23)21-15-6-4-13(5-7-15)8-19-16(22)12(3)14-9-18-10-14/h4-7,11-12,14,18H,8-10H2,1-3H3,(H,19,22)(H2,20,21,23). The summed E-state index contributed by atoms with van der Waals surface area (Å²) in [5.74, 6) is 0.577. The lowest BCUT2D eigenvalue weighted by molar-refractivity contribution is -0.126. The Morgan fingerprint density at radius 1 is 1.17 bits per heavy atom. The molecular formula is C17H26N4O2. The maximum atomic E-state index is 12.1. The van der Waals surface area contributed by atoms with Crippen molar-refractivity contribution in [2.75, 3.05) is 18.4 Å². The Hall–Kier alpha value is -2.08. The van der Waals surface area contributed by atoms with Gasteiger partial charge in [0.1, 0.15) is 0 Å². The first-order valence-corrected chi connectivity index (χ1v) is 8.10. The lowest BCUT2D eigenvalue weighted by Gasteiger charge is -2.31. The van der Waals surface area contributed by atoms with Crippen molar-refractivity contribution >= 4 is 17.6 Å². The highest BCUT2D eigenvalue weighted by Gasteiger charge is 2.28. The number of nitrogens with one attached hydrogen (secondary N) is 4. The summed E-state index contributed by atoms with van der Waals surface area (Å²) in [5.41, 5.74) is 1.74. The minimum absolute atomic E-state index is 0.0388. The third-order valence-corrected chi connectivity index (χ3v) is 4.03. The smallest absolute Gasteiger partial charge is 0.319 e. The molecule has 1 unspecified atom stereocenters. The van der Waals surface area contributed by atoms with Gasteiger partial charge in [-0.1, -0.05) is 19.1 Å². The van der Waals surface area contributed by atoms with E-state index in [9.17, 15) is 9.59 Å². The molecule has 0 spiro atoms. The maximum absolute atomic E-state index is 12.1. The van der Waals surface area contributed by atoms with E-state index in [2.05, 4.69) is 21.3 Å². The van der Waals surface area contributed by atoms with Crippen LogP contribution >= 0.6 is 0 Å². The number of amides is 3. The summed E-state index contributed by atoms with van der Waals surface area (Å²) in [6.07, 6.45) is 0. The van der Waals surface area contributed by atoms with Gasteiger partial charge in [-0.05, 0) is 50.6 Å². The first-order chi connectivity index (χ1) is 11.0. The summed E-state index contributed by atoms with van der Waals surface area (Å²) >= 11 is 0. The fraction of sp³-hybridized carbons (Fsp3) is 0.529. The second-order valence-electron chi connectivity index (χ2n) is 6.37. The van der Waals surface area contributed by atoms with Crippen LogP contribution in [0.25, 0.3) is 0 Å². The molecule has 2 rings (SSSR count). The van der Waals surface area contributed by atoms with Gasteiger partial charge in [0, 0.05) is 24.2 Å². The minimum atomic E-state index is -0.219. The summed E-state index contributed by atoms with van der Waals surface area (Å²) in [6.45, 7) is 8.14. The van der Waals surface area contributed by atoms with Crippen molar-refractivity contribution in [2.45, 2.75) is 33.4 Å². The summed E-state index contributed by atoms with van der Waals surface area (Å²) in [4.78, 5) is 23.7. The van der Waals surface area contributed by atoms with Crippen molar-refractivity contribution in [3.05, 3.63) is 29.8 Å². The highest BCUT2D eigenvalue weighted by atomic mass is 16.2. The molecule has 6 nitrogen and oxygen atoms in total. The largest absolute Gasteiger partial charge is 0.352 e. The monoisotopic (exact) mass is 318 g/mol. The van der Waals surface area contributed by atoms with Crippen LogP contribution in [0.15, 0.2) is 24.3 Å². The molecule has 1 aromatic rings. The Kier molecular flexibility index (Phi) is 5.98. The van der Waals surface area contributed by atoms with Crippen molar-refractivity contribution < 1.29 is 9.59 Å². The van der Waals surface area contributed by atoms with Gasteiger partial charge in [-0.3, -0.25) is 4.79 Å². The minimum Gasteiger partial charge on any atom is -0.352 e. The predicted molar refractivity (Wildman–Crippen MR) is 91.1 cm³/mol. The molecule has 0 aliphatic carbocycles. The molecule has 0 radical (unpaired) electrons. The molecular weight excluding hydrogens is 292 g/mol. The van der Waals surface area contributed by atoms with Crippen LogP contribution in [0.5, 0.6) is 0 Å². The maximum Gasteiger partial charge on any atom is 0.319 e. The van der Waals surface area contributed by atoms with Crippen molar-refractivity contribution in [2.24, 2.45) is 11.8 Å². The van der Waals surface area contributed by atoms with E-state index in [0.717, 1.165) is 24.3 Å². The molecule has 23 heavy (non-hydrogen) atoms. The van der Waals surface area contributed by atoms with Crippen molar-refractivity contribution in [1.29, 1.82) is 0 Å². The number of benzene rings is 1. The Balaban J connectivity index is 1.78. The zero-order valence-electron chi connectivity index (χ0n) is 14.0. The second kappa shape index (κ2) is 7.97. The molecule has 1 aliphatic rings. The molecule has 1 fully saturated rings. The number of hydrogen-bond donors (Lipinski definition) is 4. The highest BCUT2D eigenvalue weighted by molar-refractivity contribution is 5.89. The normalized spacial score (nSPS) is 15.7. The van der Waals surface area contributed by atoms with Gasteiger partial charge >= 0.3 is 6.03 Å². The zero-order chi connectivity index (χ0) is 16.8. The van der Waals surface area contributed by atoms with E-state index in [1.807, 2.05) is 45.0 Å². The fourth-order valence-electron chi connectivity index (χ4n) is 2.36. The number of urea groups is 1. The zero-order valence-corrected chi connectivity index (χ0v) is 14.0. The third-order valence-electron chi connectivity index (χ3n) is 4.03. The summed E-state index contributed by atoms with van der Waals surface area (Å²) in [6, 6.07) is 7.35. The topological polar surface area (TPSA) is 82.3 Å². The van der Waals surface area contributed by atoms with Crippen LogP contribution in [0.2, 0.25) is 0 Å². The highest BCUT2D eigenvalue weighted by Crippen LogP contribution is 2.16. The Labute approximate surface area is 137 Å². The van der Waals surface area contributed by atoms with Gasteiger partial charge in [0.25, 0.3) is 0 Å². The molecule has 1 aromatic carbocycles. The van der Waals surface area contributed by atoms with Gasteiger partial charge in [-0.2, -0.15) is 0 Å². The molecule has 1 saturated heterocycles. The van der Waals surface area contributed by atoms with Crippen molar-refractivity contribution in [3.63, 3.8) is 0 Å². The molecule has 6 heteroatoms. The summed E-state index contributed by atoms with van der Waals surface area (Å²) in [5, 5.41) is 11.7. The lowest BCUT2D eigenvalue weighted by atomic mass is 9.88. The van der Waals surface area contributed by atoms with Crippen LogP contribution in [-0.4, -0.2) is 31.1 Å². The number of carbonyl (C=O) groups is 2. The van der Waals surface area contributed by atoms with E-state index in [4.69, 9.17) is 0 Å². The summed E-state index contributed by atoms with van der Waals surface area (Å²) in [7, 11) is 0. The molecule has 1 heterocycles. The van der Waals surface area contributed by atoms with Gasteiger partial charge in [0.05, 0.1) is 0 Å². The van der Waals surface area contributed by atoms with Crippen LogP contribution in [-0.2, 0) is 11.3 Å². The van der Waals surface area contributed by atoms with E-state index in [1.54, 1.807) is 0 Å². The molecule has 126 valence electrons. The molecule has 1 aliphatic heterocycles. The van der Waals surface area contributed by atoms with E-state index in [0.29, 0.717) is 12.5 Å². The van der Waals surface area contributed by atoms with Gasteiger partial charge in [-0.15, -0.1) is 0 Å². The van der Waals surface area contributed by atoms with E-state index >= 15 is 0 Å². The molecule has 3 amide bonds. The SMILES string of the molecule is CC(C)NC(=O)Nc1ccc(CNC(=O)C(C)C2CNC2)cc1. The Morgan fingerprint density at radius 3 is 2.35 bits per heavy atom. The number of rotatable bonds is 6. The van der Waals surface area contributed by atoms with E-state index in [1.165, 1.54) is 0 Å². The van der Waals surface area contributed by atoms with Crippen molar-refractivity contribution in [3.8, 4) is 0 Å². The van der Waals surface area contributed by atoms with Crippen molar-refractivity contribution in [1.82, 2.24) is 16.0 Å². The molecule has 0 bridgehead atoms. The van der Waals surface area contributed by atoms with Gasteiger partial charge in [0.2, 0.25) is 5.91 Å². The predicted octanol–water partition coefficient (Wildman–Crippen LogP) is 1.69. The van der Waals surface area contributed by atoms with E-state index < -0.39 is 0 Å². The van der Waals surface area contributed by atoms with Crippen LogP contribution in [0, 0.1) is 11.8 Å². The number of hydrogen-bond acceptors (Lipinski definition) is 3. The molecule has 4 N–H and O–H groups in total. The Bertz CT molecular complexity index is 538. The number of anilines is 1. The first kappa shape index (κ1) is 17.3. The molecule has 0 aromatic heterocycles. The molecule has 0 saturated carbocycles. The number of carbonyl (C=O) groups excluding carboxylic acids is 2.